The van der Waals surface area contributed by atoms with Gasteiger partial charge in [-0.05, 0) is 25.1 Å². The third-order valence-electron chi connectivity index (χ3n) is 4.06. The van der Waals surface area contributed by atoms with Gasteiger partial charge in [0.1, 0.15) is 11.7 Å². The standard InChI is InChI=1S/C15H15FN6O/c1-10-11(3-4-15(16)18-10)12-7-22(20-19-12)14-9-23-8-13(14)21-6-2-5-17-21/h2-7,13-14H,8-9H2,1H3/t13-,14+/m0/s1. The van der Waals surface area contributed by atoms with Crippen molar-refractivity contribution in [2.75, 3.05) is 13.2 Å². The second-order valence-corrected chi connectivity index (χ2v) is 5.51. The van der Waals surface area contributed by atoms with Crippen molar-refractivity contribution in [3.8, 4) is 11.3 Å². The van der Waals surface area contributed by atoms with Gasteiger partial charge in [0.25, 0.3) is 0 Å². The number of hydrogen-bond donors (Lipinski definition) is 0. The van der Waals surface area contributed by atoms with Gasteiger partial charge in [-0.2, -0.15) is 9.49 Å². The molecule has 0 spiro atoms. The molecule has 0 aliphatic carbocycles. The first-order chi connectivity index (χ1) is 11.2. The van der Waals surface area contributed by atoms with Gasteiger partial charge in [-0.3, -0.25) is 4.68 Å². The maximum absolute atomic E-state index is 13.1. The molecule has 4 heterocycles. The zero-order chi connectivity index (χ0) is 15.8. The maximum atomic E-state index is 13.1. The van der Waals surface area contributed by atoms with Crippen LogP contribution in [-0.2, 0) is 4.74 Å². The minimum atomic E-state index is -0.499. The summed E-state index contributed by atoms with van der Waals surface area (Å²) in [5.41, 5.74) is 2.02. The lowest BCUT2D eigenvalue weighted by Gasteiger charge is -2.17. The SMILES string of the molecule is Cc1nc(F)ccc1-c1cn([C@@H]2COC[C@@H]2n2cccn2)nn1. The molecule has 8 heteroatoms. The second-order valence-electron chi connectivity index (χ2n) is 5.51. The van der Waals surface area contributed by atoms with Crippen molar-refractivity contribution >= 4 is 0 Å². The van der Waals surface area contributed by atoms with E-state index in [1.807, 2.05) is 23.1 Å². The van der Waals surface area contributed by atoms with E-state index in [9.17, 15) is 4.39 Å². The van der Waals surface area contributed by atoms with Gasteiger partial charge in [0.2, 0.25) is 5.95 Å². The molecule has 23 heavy (non-hydrogen) atoms. The fraction of sp³-hybridized carbons (Fsp3) is 0.333. The molecule has 3 aromatic rings. The third-order valence-corrected chi connectivity index (χ3v) is 4.06. The summed E-state index contributed by atoms with van der Waals surface area (Å²) in [6, 6.07) is 4.97. The Morgan fingerprint density at radius 2 is 2.04 bits per heavy atom. The molecule has 2 atom stereocenters. The molecule has 0 aromatic carbocycles. The minimum Gasteiger partial charge on any atom is -0.377 e. The van der Waals surface area contributed by atoms with E-state index in [1.54, 1.807) is 23.9 Å². The van der Waals surface area contributed by atoms with Crippen LogP contribution >= 0.6 is 0 Å². The van der Waals surface area contributed by atoms with Gasteiger partial charge in [0.15, 0.2) is 0 Å². The van der Waals surface area contributed by atoms with Gasteiger partial charge in [0.05, 0.1) is 31.1 Å². The molecular weight excluding hydrogens is 299 g/mol. The lowest BCUT2D eigenvalue weighted by atomic mass is 10.1. The van der Waals surface area contributed by atoms with E-state index in [0.29, 0.717) is 24.6 Å². The quantitative estimate of drug-likeness (QED) is 0.689. The van der Waals surface area contributed by atoms with E-state index in [-0.39, 0.29) is 12.1 Å². The van der Waals surface area contributed by atoms with Crippen molar-refractivity contribution in [1.82, 2.24) is 29.8 Å². The number of ether oxygens (including phenoxy) is 1. The first kappa shape index (κ1) is 14.0. The largest absolute Gasteiger partial charge is 0.377 e. The van der Waals surface area contributed by atoms with E-state index in [4.69, 9.17) is 4.74 Å². The molecule has 0 unspecified atom stereocenters. The predicted molar refractivity (Wildman–Crippen MR) is 79.1 cm³/mol. The molecule has 0 saturated carbocycles. The summed E-state index contributed by atoms with van der Waals surface area (Å²) >= 11 is 0. The highest BCUT2D eigenvalue weighted by Crippen LogP contribution is 2.30. The highest BCUT2D eigenvalue weighted by atomic mass is 19.1. The van der Waals surface area contributed by atoms with Crippen LogP contribution in [0.5, 0.6) is 0 Å². The monoisotopic (exact) mass is 314 g/mol. The van der Waals surface area contributed by atoms with Crippen molar-refractivity contribution in [2.45, 2.75) is 19.0 Å². The van der Waals surface area contributed by atoms with Crippen LogP contribution in [0.2, 0.25) is 0 Å². The molecule has 7 nitrogen and oxygen atoms in total. The lowest BCUT2D eigenvalue weighted by molar-refractivity contribution is 0.179. The third kappa shape index (κ3) is 2.50. The van der Waals surface area contributed by atoms with E-state index in [2.05, 4.69) is 20.4 Å². The highest BCUT2D eigenvalue weighted by Gasteiger charge is 2.32. The first-order valence-electron chi connectivity index (χ1n) is 7.34. The van der Waals surface area contributed by atoms with E-state index in [1.165, 1.54) is 6.07 Å². The molecule has 1 fully saturated rings. The number of nitrogens with zero attached hydrogens (tertiary/aromatic N) is 6. The fourth-order valence-corrected chi connectivity index (χ4v) is 2.88. The molecule has 1 saturated heterocycles. The van der Waals surface area contributed by atoms with Gasteiger partial charge in [-0.25, -0.2) is 9.67 Å². The summed E-state index contributed by atoms with van der Waals surface area (Å²) in [5.74, 6) is -0.499. The Kier molecular flexibility index (Phi) is 3.38. The molecular formula is C15H15FN6O. The molecule has 0 radical (unpaired) electrons. The Morgan fingerprint density at radius 3 is 2.78 bits per heavy atom. The van der Waals surface area contributed by atoms with Crippen LogP contribution in [-0.4, -0.2) is 43.0 Å². The number of halogens is 1. The highest BCUT2D eigenvalue weighted by molar-refractivity contribution is 5.60. The molecule has 0 amide bonds. The molecule has 4 rings (SSSR count). The smallest absolute Gasteiger partial charge is 0.213 e. The van der Waals surface area contributed by atoms with Crippen LogP contribution in [0, 0.1) is 12.9 Å². The molecule has 0 N–H and O–H groups in total. The minimum absolute atomic E-state index is 0.0184. The number of pyridine rings is 1. The second kappa shape index (κ2) is 5.54. The lowest BCUT2D eigenvalue weighted by Crippen LogP contribution is -2.22. The maximum Gasteiger partial charge on any atom is 0.213 e. The number of aromatic nitrogens is 6. The van der Waals surface area contributed by atoms with Gasteiger partial charge in [-0.1, -0.05) is 5.21 Å². The molecule has 1 aliphatic heterocycles. The van der Waals surface area contributed by atoms with Gasteiger partial charge >= 0.3 is 0 Å². The molecule has 118 valence electrons. The van der Waals surface area contributed by atoms with Crippen molar-refractivity contribution in [1.29, 1.82) is 0 Å². The average molecular weight is 314 g/mol. The zero-order valence-electron chi connectivity index (χ0n) is 12.5. The number of rotatable bonds is 3. The van der Waals surface area contributed by atoms with Crippen LogP contribution in [0.1, 0.15) is 17.8 Å². The first-order valence-corrected chi connectivity index (χ1v) is 7.34. The predicted octanol–water partition coefficient (Wildman–Crippen LogP) is 1.80. The Morgan fingerprint density at radius 1 is 1.22 bits per heavy atom. The normalized spacial score (nSPS) is 21.0. The fourth-order valence-electron chi connectivity index (χ4n) is 2.88. The summed E-state index contributed by atoms with van der Waals surface area (Å²) in [7, 11) is 0. The summed E-state index contributed by atoms with van der Waals surface area (Å²) in [6.45, 7) is 2.88. The summed E-state index contributed by atoms with van der Waals surface area (Å²) in [5, 5.41) is 12.7. The van der Waals surface area contributed by atoms with Gasteiger partial charge in [0, 0.05) is 18.0 Å². The van der Waals surface area contributed by atoms with Crippen LogP contribution in [0.15, 0.2) is 36.8 Å². The van der Waals surface area contributed by atoms with E-state index < -0.39 is 5.95 Å². The van der Waals surface area contributed by atoms with Crippen LogP contribution in [0.4, 0.5) is 4.39 Å². The Balaban J connectivity index is 1.65. The summed E-state index contributed by atoms with van der Waals surface area (Å²) in [6.07, 6.45) is 5.51. The Labute approximate surface area is 131 Å². The van der Waals surface area contributed by atoms with Crippen LogP contribution in [0.25, 0.3) is 11.3 Å². The van der Waals surface area contributed by atoms with E-state index >= 15 is 0 Å². The van der Waals surface area contributed by atoms with Crippen LogP contribution < -0.4 is 0 Å². The molecule has 3 aromatic heterocycles. The topological polar surface area (TPSA) is 70.7 Å². The molecule has 0 bridgehead atoms. The van der Waals surface area contributed by atoms with Gasteiger partial charge in [-0.15, -0.1) is 5.10 Å². The van der Waals surface area contributed by atoms with E-state index in [0.717, 1.165) is 5.56 Å². The summed E-state index contributed by atoms with van der Waals surface area (Å²) in [4.78, 5) is 3.83. The van der Waals surface area contributed by atoms with Crippen molar-refractivity contribution in [2.24, 2.45) is 0 Å². The Bertz CT molecular complexity index is 815. The van der Waals surface area contributed by atoms with Crippen LogP contribution in [0.3, 0.4) is 0 Å². The zero-order valence-corrected chi connectivity index (χ0v) is 12.5. The van der Waals surface area contributed by atoms with Crippen molar-refractivity contribution in [3.05, 3.63) is 48.4 Å². The number of hydrogen-bond acceptors (Lipinski definition) is 5. The number of aryl methyl sites for hydroxylation is 1. The van der Waals surface area contributed by atoms with Gasteiger partial charge < -0.3 is 4.74 Å². The molecule has 1 aliphatic rings. The Hall–Kier alpha value is -2.61. The summed E-state index contributed by atoms with van der Waals surface area (Å²) < 4.78 is 22.4. The average Bonchev–Trinajstić information content (AvgIpc) is 3.27. The van der Waals surface area contributed by atoms with Crippen molar-refractivity contribution < 1.29 is 9.13 Å². The van der Waals surface area contributed by atoms with Crippen molar-refractivity contribution in [3.63, 3.8) is 0 Å².